The summed E-state index contributed by atoms with van der Waals surface area (Å²) < 4.78 is 5.16. The van der Waals surface area contributed by atoms with Gasteiger partial charge < -0.3 is 9.84 Å². The molecule has 0 aliphatic rings. The van der Waals surface area contributed by atoms with Gasteiger partial charge in [0.2, 0.25) is 0 Å². The van der Waals surface area contributed by atoms with Crippen LogP contribution in [-0.2, 0) is 0 Å². The molecule has 3 aromatic rings. The van der Waals surface area contributed by atoms with Gasteiger partial charge in [0, 0.05) is 23.8 Å². The molecule has 156 valence electrons. The first kappa shape index (κ1) is 21.2. The van der Waals surface area contributed by atoms with Crippen molar-refractivity contribution in [1.82, 2.24) is 0 Å². The van der Waals surface area contributed by atoms with Gasteiger partial charge in [-0.2, -0.15) is 0 Å². The Morgan fingerprint density at radius 1 is 0.903 bits per heavy atom. The molecule has 31 heavy (non-hydrogen) atoms. The molecule has 3 rings (SSSR count). The number of imide groups is 1. The first-order chi connectivity index (χ1) is 14.8. The Morgan fingerprint density at radius 3 is 2.23 bits per heavy atom. The summed E-state index contributed by atoms with van der Waals surface area (Å²) in [7, 11) is 1.41. The Balaban J connectivity index is 2.17. The molecule has 0 aromatic heterocycles. The lowest BCUT2D eigenvalue weighted by Crippen LogP contribution is -2.38. The molecule has 0 heterocycles. The van der Waals surface area contributed by atoms with Crippen molar-refractivity contribution >= 4 is 29.2 Å². The number of rotatable bonds is 6. The molecule has 0 bridgehead atoms. The van der Waals surface area contributed by atoms with Crippen LogP contribution in [0.3, 0.4) is 0 Å². The number of nitro groups is 1. The first-order valence-electron chi connectivity index (χ1n) is 8.93. The van der Waals surface area contributed by atoms with E-state index in [1.54, 1.807) is 12.1 Å². The minimum atomic E-state index is -1.34. The lowest BCUT2D eigenvalue weighted by atomic mass is 10.0. The Morgan fingerprint density at radius 2 is 1.58 bits per heavy atom. The van der Waals surface area contributed by atoms with Crippen LogP contribution in [0.2, 0.25) is 0 Å². The maximum atomic E-state index is 13.4. The lowest BCUT2D eigenvalue weighted by molar-refractivity contribution is -0.384. The third kappa shape index (κ3) is 4.40. The zero-order valence-electron chi connectivity index (χ0n) is 16.2. The van der Waals surface area contributed by atoms with Crippen molar-refractivity contribution in [3.05, 3.63) is 99.6 Å². The first-order valence-corrected chi connectivity index (χ1v) is 8.93. The van der Waals surface area contributed by atoms with Gasteiger partial charge in [-0.05, 0) is 30.3 Å². The highest BCUT2D eigenvalue weighted by Gasteiger charge is 2.29. The van der Waals surface area contributed by atoms with Crippen LogP contribution in [-0.4, -0.2) is 34.9 Å². The summed E-state index contributed by atoms with van der Waals surface area (Å²) in [5, 5.41) is 20.6. The number of ether oxygens (including phenoxy) is 1. The number of nitrogens with zero attached hydrogens (tertiary/aromatic N) is 2. The second-order valence-electron chi connectivity index (χ2n) is 6.31. The van der Waals surface area contributed by atoms with Crippen molar-refractivity contribution < 1.29 is 29.2 Å². The number of hydrogen-bond acceptors (Lipinski definition) is 6. The molecule has 0 saturated heterocycles. The van der Waals surface area contributed by atoms with Gasteiger partial charge in [-0.25, -0.2) is 9.69 Å². The van der Waals surface area contributed by atoms with Gasteiger partial charge in [0.25, 0.3) is 17.5 Å². The summed E-state index contributed by atoms with van der Waals surface area (Å²) in [6.07, 6.45) is 0. The minimum Gasteiger partial charge on any atom is -0.497 e. The number of amides is 2. The largest absolute Gasteiger partial charge is 0.497 e. The highest BCUT2D eigenvalue weighted by Crippen LogP contribution is 2.26. The summed E-state index contributed by atoms with van der Waals surface area (Å²) in [5.74, 6) is -2.74. The van der Waals surface area contributed by atoms with Gasteiger partial charge in [0.1, 0.15) is 5.75 Å². The molecule has 0 unspecified atom stereocenters. The van der Waals surface area contributed by atoms with Gasteiger partial charge in [0.15, 0.2) is 0 Å². The molecular formula is C22H16N2O7. The molecule has 9 heteroatoms. The van der Waals surface area contributed by atoms with Crippen molar-refractivity contribution in [2.75, 3.05) is 12.0 Å². The number of methoxy groups -OCH3 is 1. The normalized spacial score (nSPS) is 10.2. The molecular weight excluding hydrogens is 404 g/mol. The highest BCUT2D eigenvalue weighted by molar-refractivity contribution is 6.27. The summed E-state index contributed by atoms with van der Waals surface area (Å²) in [5.41, 5.74) is -0.821. The predicted octanol–water partition coefficient (Wildman–Crippen LogP) is 3.79. The molecule has 0 fully saturated rings. The zero-order valence-corrected chi connectivity index (χ0v) is 16.2. The molecule has 0 radical (unpaired) electrons. The van der Waals surface area contributed by atoms with E-state index < -0.39 is 22.7 Å². The van der Waals surface area contributed by atoms with Crippen molar-refractivity contribution in [2.45, 2.75) is 0 Å². The molecule has 0 aliphatic heterocycles. The Hall–Kier alpha value is -4.53. The van der Waals surface area contributed by atoms with E-state index in [4.69, 9.17) is 4.74 Å². The van der Waals surface area contributed by atoms with E-state index in [2.05, 4.69) is 0 Å². The molecule has 0 atom stereocenters. The second-order valence-corrected chi connectivity index (χ2v) is 6.31. The van der Waals surface area contributed by atoms with E-state index >= 15 is 0 Å². The number of benzene rings is 3. The standard InChI is InChI=1S/C22H16N2O7/c1-31-17-9-5-7-15(13-17)23(20(25)14-6-4-8-16(12-14)24(29)30)21(26)18-10-2-3-11-19(18)22(27)28/h2-13H,1H3,(H,27,28). The van der Waals surface area contributed by atoms with Crippen LogP contribution in [0.25, 0.3) is 0 Å². The lowest BCUT2D eigenvalue weighted by Gasteiger charge is -2.22. The quantitative estimate of drug-likeness (QED) is 0.365. The number of nitro benzene ring substituents is 1. The van der Waals surface area contributed by atoms with Crippen molar-refractivity contribution in [3.63, 3.8) is 0 Å². The van der Waals surface area contributed by atoms with E-state index in [9.17, 15) is 29.6 Å². The summed E-state index contributed by atoms with van der Waals surface area (Å²) in [6, 6.07) is 16.4. The number of hydrogen-bond donors (Lipinski definition) is 1. The fourth-order valence-electron chi connectivity index (χ4n) is 2.93. The third-order valence-corrected chi connectivity index (χ3v) is 4.41. The zero-order chi connectivity index (χ0) is 22.5. The van der Waals surface area contributed by atoms with Gasteiger partial charge in [0.05, 0.1) is 28.8 Å². The van der Waals surface area contributed by atoms with Crippen LogP contribution in [0.15, 0.2) is 72.8 Å². The number of aromatic carboxylic acids is 1. The van der Waals surface area contributed by atoms with E-state index in [0.717, 1.165) is 11.0 Å². The number of carbonyl (C=O) groups is 3. The Kier molecular flexibility index (Phi) is 6.06. The van der Waals surface area contributed by atoms with Crippen LogP contribution >= 0.6 is 0 Å². The highest BCUT2D eigenvalue weighted by atomic mass is 16.6. The predicted molar refractivity (Wildman–Crippen MR) is 111 cm³/mol. The molecule has 0 aliphatic carbocycles. The van der Waals surface area contributed by atoms with Crippen LogP contribution < -0.4 is 9.64 Å². The molecule has 3 aromatic carbocycles. The molecule has 9 nitrogen and oxygen atoms in total. The second kappa shape index (κ2) is 8.87. The number of anilines is 1. The SMILES string of the molecule is COc1cccc(N(C(=O)c2cccc([N+](=O)[O-])c2)C(=O)c2ccccc2C(=O)O)c1. The summed E-state index contributed by atoms with van der Waals surface area (Å²) >= 11 is 0. The summed E-state index contributed by atoms with van der Waals surface area (Å²) in [6.45, 7) is 0. The number of carboxylic acids is 1. The van der Waals surface area contributed by atoms with Gasteiger partial charge in [-0.15, -0.1) is 0 Å². The minimum absolute atomic E-state index is 0.112. The number of non-ortho nitro benzene ring substituents is 1. The van der Waals surface area contributed by atoms with E-state index in [0.29, 0.717) is 5.75 Å². The van der Waals surface area contributed by atoms with Crippen LogP contribution in [0.4, 0.5) is 11.4 Å². The maximum Gasteiger partial charge on any atom is 0.336 e. The van der Waals surface area contributed by atoms with Crippen LogP contribution in [0, 0.1) is 10.1 Å². The Labute approximate surface area is 176 Å². The smallest absolute Gasteiger partial charge is 0.336 e. The molecule has 0 spiro atoms. The van der Waals surface area contributed by atoms with Crippen LogP contribution in [0.5, 0.6) is 5.75 Å². The van der Waals surface area contributed by atoms with Gasteiger partial charge in [-0.1, -0.05) is 24.3 Å². The summed E-state index contributed by atoms with van der Waals surface area (Å²) in [4.78, 5) is 49.5. The fourth-order valence-corrected chi connectivity index (χ4v) is 2.93. The van der Waals surface area contributed by atoms with E-state index in [1.807, 2.05) is 0 Å². The Bertz CT molecular complexity index is 1190. The van der Waals surface area contributed by atoms with Crippen LogP contribution in [0.1, 0.15) is 31.1 Å². The van der Waals surface area contributed by atoms with Crippen molar-refractivity contribution in [1.29, 1.82) is 0 Å². The maximum absolute atomic E-state index is 13.4. The van der Waals surface area contributed by atoms with Gasteiger partial charge >= 0.3 is 5.97 Å². The van der Waals surface area contributed by atoms with Gasteiger partial charge in [-0.3, -0.25) is 19.7 Å². The fraction of sp³-hybridized carbons (Fsp3) is 0.0455. The van der Waals surface area contributed by atoms with E-state index in [-0.39, 0.29) is 28.1 Å². The number of carbonyl (C=O) groups excluding carboxylic acids is 2. The van der Waals surface area contributed by atoms with Crippen molar-refractivity contribution in [2.24, 2.45) is 0 Å². The molecule has 2 amide bonds. The molecule has 0 saturated carbocycles. The molecule has 1 N–H and O–H groups in total. The topological polar surface area (TPSA) is 127 Å². The monoisotopic (exact) mass is 420 g/mol. The average Bonchev–Trinajstić information content (AvgIpc) is 2.79. The van der Waals surface area contributed by atoms with E-state index in [1.165, 1.54) is 61.7 Å². The average molecular weight is 420 g/mol. The third-order valence-electron chi connectivity index (χ3n) is 4.41. The number of carboxylic acid groups (broad SMARTS) is 1. The van der Waals surface area contributed by atoms with Crippen molar-refractivity contribution in [3.8, 4) is 5.75 Å².